The molecule has 2 aromatic rings. The van der Waals surface area contributed by atoms with Gasteiger partial charge in [0.05, 0.1) is 0 Å². The molecular weight excluding hydrogens is 382 g/mol. The van der Waals surface area contributed by atoms with Crippen LogP contribution < -0.4 is 0 Å². The Labute approximate surface area is 163 Å². The third-order valence-electron chi connectivity index (χ3n) is 3.31. The molecule has 3 unspecified atom stereocenters. The number of rotatable bonds is 5. The van der Waals surface area contributed by atoms with Crippen molar-refractivity contribution in [2.24, 2.45) is 0 Å². The zero-order valence-electron chi connectivity index (χ0n) is 14.8. The van der Waals surface area contributed by atoms with Crippen LogP contribution in [0.1, 0.15) is 18.5 Å². The summed E-state index contributed by atoms with van der Waals surface area (Å²) in [5, 5.41) is 32.5. The van der Waals surface area contributed by atoms with Crippen molar-refractivity contribution in [3.63, 3.8) is 0 Å². The summed E-state index contributed by atoms with van der Waals surface area (Å²) < 4.78 is 0. The van der Waals surface area contributed by atoms with Gasteiger partial charge in [0.25, 0.3) is 0 Å². The van der Waals surface area contributed by atoms with Crippen molar-refractivity contribution in [2.45, 2.75) is 25.2 Å². The first-order chi connectivity index (χ1) is 11.7. The SMILES string of the molecule is CC(c1ccc[cH-]1)N(C)C.O=C(O)C(O)C(O)C(=O)O.[Fe+2].c1cc[cH-]c1. The van der Waals surface area contributed by atoms with Crippen molar-refractivity contribution in [2.75, 3.05) is 14.1 Å². The molecule has 0 radical (unpaired) electrons. The van der Waals surface area contributed by atoms with E-state index in [0.717, 1.165) is 0 Å². The molecule has 0 spiro atoms. The Hall–Kier alpha value is -1.96. The predicted molar refractivity (Wildman–Crippen MR) is 93.5 cm³/mol. The normalized spacial score (nSPS) is 13.0. The van der Waals surface area contributed by atoms with E-state index in [1.54, 1.807) is 0 Å². The van der Waals surface area contributed by atoms with Gasteiger partial charge in [-0.25, -0.2) is 33.9 Å². The Kier molecular flexibility index (Phi) is 14.4. The zero-order chi connectivity index (χ0) is 19.4. The maximum atomic E-state index is 9.77. The molecule has 26 heavy (non-hydrogen) atoms. The van der Waals surface area contributed by atoms with E-state index in [2.05, 4.69) is 50.2 Å². The third-order valence-corrected chi connectivity index (χ3v) is 3.31. The van der Waals surface area contributed by atoms with Gasteiger partial charge in [-0.3, -0.25) is 0 Å². The fourth-order valence-electron chi connectivity index (χ4n) is 1.56. The molecule has 7 nitrogen and oxygen atoms in total. The van der Waals surface area contributed by atoms with Crippen LogP contribution in [0.4, 0.5) is 0 Å². The third kappa shape index (κ3) is 10.8. The smallest absolute Gasteiger partial charge is 0.479 e. The number of hydrogen-bond acceptors (Lipinski definition) is 5. The molecule has 0 aliphatic rings. The van der Waals surface area contributed by atoms with E-state index in [9.17, 15) is 9.59 Å². The van der Waals surface area contributed by atoms with E-state index in [1.807, 2.05) is 30.3 Å². The Morgan fingerprint density at radius 3 is 1.65 bits per heavy atom. The Morgan fingerprint density at radius 1 is 0.962 bits per heavy atom. The van der Waals surface area contributed by atoms with Gasteiger partial charge in [0, 0.05) is 6.04 Å². The first-order valence-corrected chi connectivity index (χ1v) is 7.55. The van der Waals surface area contributed by atoms with Gasteiger partial charge in [-0.1, -0.05) is 0 Å². The van der Waals surface area contributed by atoms with Crippen LogP contribution in [0.25, 0.3) is 0 Å². The number of aliphatic hydroxyl groups is 2. The minimum absolute atomic E-state index is 0. The topological polar surface area (TPSA) is 118 Å². The van der Waals surface area contributed by atoms with Gasteiger partial charge >= 0.3 is 29.0 Å². The average Bonchev–Trinajstić information content (AvgIpc) is 3.28. The number of aliphatic carboxylic acids is 2. The van der Waals surface area contributed by atoms with Gasteiger partial charge in [0.2, 0.25) is 0 Å². The van der Waals surface area contributed by atoms with Crippen LogP contribution in [0.2, 0.25) is 0 Å². The summed E-state index contributed by atoms with van der Waals surface area (Å²) in [4.78, 5) is 21.7. The van der Waals surface area contributed by atoms with Crippen molar-refractivity contribution >= 4 is 11.9 Å². The number of nitrogens with zero attached hydrogens (tertiary/aromatic N) is 1. The van der Waals surface area contributed by atoms with Crippen molar-refractivity contribution in [3.8, 4) is 0 Å². The van der Waals surface area contributed by atoms with Gasteiger partial charge in [-0.15, -0.1) is 0 Å². The summed E-state index contributed by atoms with van der Waals surface area (Å²) in [6.07, 6.45) is -4.53. The number of carboxylic acids is 2. The van der Waals surface area contributed by atoms with Crippen LogP contribution in [-0.4, -0.2) is 63.6 Å². The first kappa shape index (κ1) is 26.3. The molecule has 0 saturated heterocycles. The van der Waals surface area contributed by atoms with Gasteiger partial charge in [0.1, 0.15) is 0 Å². The molecule has 2 rings (SSSR count). The molecular formula is C18H25FeNO6. The molecule has 8 heteroatoms. The molecule has 0 bridgehead atoms. The molecule has 0 heterocycles. The average molecular weight is 407 g/mol. The maximum Gasteiger partial charge on any atom is 2.00 e. The molecule has 4 N–H and O–H groups in total. The summed E-state index contributed by atoms with van der Waals surface area (Å²) in [7, 11) is 4.19. The standard InChI is InChI=1S/C9H14N.C5H5.C4H6O6.Fe/c1-8(10(2)3)9-6-4-5-7-9;1-2-4-5-3-1;5-1(3(7)8)2(6)4(9)10;/h4-8H,1-3H3;1-5H;1-2,5-6H,(H,7,8)(H,9,10);/q2*-1;;+2. The van der Waals surface area contributed by atoms with E-state index < -0.39 is 24.1 Å². The van der Waals surface area contributed by atoms with Crippen LogP contribution in [-0.2, 0) is 26.7 Å². The molecule has 0 aliphatic heterocycles. The largest absolute Gasteiger partial charge is 2.00 e. The fourth-order valence-corrected chi connectivity index (χ4v) is 1.56. The second kappa shape index (κ2) is 14.2. The second-order valence-electron chi connectivity index (χ2n) is 5.39. The minimum Gasteiger partial charge on any atom is -0.479 e. The van der Waals surface area contributed by atoms with Crippen LogP contribution in [0.3, 0.4) is 0 Å². The quantitative estimate of drug-likeness (QED) is 0.436. The maximum absolute atomic E-state index is 9.77. The van der Waals surface area contributed by atoms with E-state index >= 15 is 0 Å². The Balaban J connectivity index is 0. The summed E-state index contributed by atoms with van der Waals surface area (Å²) >= 11 is 0. The van der Waals surface area contributed by atoms with E-state index in [4.69, 9.17) is 20.4 Å². The molecule has 2 aromatic carbocycles. The Bertz CT molecular complexity index is 548. The number of carbonyl (C=O) groups is 2. The van der Waals surface area contributed by atoms with Crippen molar-refractivity contribution in [3.05, 3.63) is 60.2 Å². The van der Waals surface area contributed by atoms with Crippen molar-refractivity contribution < 1.29 is 47.1 Å². The monoisotopic (exact) mass is 407 g/mol. The number of aliphatic hydroxyl groups excluding tert-OH is 2. The van der Waals surface area contributed by atoms with E-state index in [1.165, 1.54) is 5.56 Å². The van der Waals surface area contributed by atoms with E-state index in [-0.39, 0.29) is 17.1 Å². The van der Waals surface area contributed by atoms with Crippen LogP contribution in [0, 0.1) is 0 Å². The Morgan fingerprint density at radius 2 is 1.42 bits per heavy atom. The van der Waals surface area contributed by atoms with Crippen LogP contribution >= 0.6 is 0 Å². The molecule has 0 aromatic heterocycles. The number of hydrogen-bond donors (Lipinski definition) is 4. The van der Waals surface area contributed by atoms with Crippen LogP contribution in [0.5, 0.6) is 0 Å². The van der Waals surface area contributed by atoms with Crippen LogP contribution in [0.15, 0.2) is 54.6 Å². The first-order valence-electron chi connectivity index (χ1n) is 7.55. The van der Waals surface area contributed by atoms with E-state index in [0.29, 0.717) is 6.04 Å². The summed E-state index contributed by atoms with van der Waals surface area (Å²) in [5.74, 6) is -3.54. The van der Waals surface area contributed by atoms with Gasteiger partial charge in [-0.05, 0) is 21.0 Å². The number of carboxylic acid groups (broad SMARTS) is 2. The molecule has 0 aliphatic carbocycles. The molecule has 0 fully saturated rings. The second-order valence-corrected chi connectivity index (χ2v) is 5.39. The molecule has 146 valence electrons. The van der Waals surface area contributed by atoms with Crippen molar-refractivity contribution in [1.29, 1.82) is 0 Å². The van der Waals surface area contributed by atoms with Gasteiger partial charge < -0.3 is 25.3 Å². The molecule has 3 atom stereocenters. The zero-order valence-corrected chi connectivity index (χ0v) is 15.9. The summed E-state index contributed by atoms with van der Waals surface area (Å²) in [5.41, 5.74) is 1.39. The summed E-state index contributed by atoms with van der Waals surface area (Å²) in [6.45, 7) is 2.20. The molecule has 0 saturated carbocycles. The van der Waals surface area contributed by atoms with Gasteiger partial charge in [0.15, 0.2) is 12.2 Å². The molecule has 0 amide bonds. The predicted octanol–water partition coefficient (Wildman–Crippen LogP) is 1.31. The van der Waals surface area contributed by atoms with Crippen molar-refractivity contribution in [1.82, 2.24) is 4.90 Å². The minimum atomic E-state index is -2.27. The summed E-state index contributed by atoms with van der Waals surface area (Å²) in [6, 6.07) is 19.0. The van der Waals surface area contributed by atoms with Gasteiger partial charge in [-0.2, -0.15) is 35.9 Å². The fraction of sp³-hybridized carbons (Fsp3) is 0.333.